The van der Waals surface area contributed by atoms with Gasteiger partial charge in [-0.3, -0.25) is 4.98 Å². The first kappa shape index (κ1) is 11.3. The molecule has 4 nitrogen and oxygen atoms in total. The summed E-state index contributed by atoms with van der Waals surface area (Å²) in [6.07, 6.45) is 7.55. The van der Waals surface area contributed by atoms with E-state index in [1.165, 1.54) is 31.5 Å². The van der Waals surface area contributed by atoms with Crippen molar-refractivity contribution in [1.29, 1.82) is 0 Å². The number of anilines is 1. The number of hydrogen-bond acceptors (Lipinski definition) is 4. The van der Waals surface area contributed by atoms with Crippen LogP contribution in [0.15, 0.2) is 29.0 Å². The Morgan fingerprint density at radius 3 is 3.21 bits per heavy atom. The van der Waals surface area contributed by atoms with E-state index in [9.17, 15) is 0 Å². The molecular weight excluding hydrogens is 238 g/mol. The van der Waals surface area contributed by atoms with Crippen molar-refractivity contribution in [1.82, 2.24) is 10.3 Å². The maximum atomic E-state index is 5.45. The minimum atomic E-state index is 0.727. The second-order valence-corrected chi connectivity index (χ2v) is 5.67. The Hall–Kier alpha value is -1.55. The van der Waals surface area contributed by atoms with Crippen molar-refractivity contribution in [2.24, 2.45) is 5.92 Å². The third-order valence-corrected chi connectivity index (χ3v) is 4.62. The van der Waals surface area contributed by atoms with Gasteiger partial charge in [-0.1, -0.05) is 0 Å². The number of hydrogen-bond donors (Lipinski definition) is 1. The zero-order valence-corrected chi connectivity index (χ0v) is 11.0. The van der Waals surface area contributed by atoms with E-state index in [1.54, 1.807) is 6.26 Å². The van der Waals surface area contributed by atoms with Crippen molar-refractivity contribution >= 4 is 16.8 Å². The van der Waals surface area contributed by atoms with E-state index in [0.717, 1.165) is 36.1 Å². The minimum absolute atomic E-state index is 0.727. The number of rotatable bonds is 1. The molecule has 19 heavy (non-hydrogen) atoms. The summed E-state index contributed by atoms with van der Waals surface area (Å²) in [6, 6.07) is 4.76. The fourth-order valence-corrected chi connectivity index (χ4v) is 3.50. The quantitative estimate of drug-likeness (QED) is 0.851. The van der Waals surface area contributed by atoms with Crippen LogP contribution < -0.4 is 10.2 Å². The first-order valence-corrected chi connectivity index (χ1v) is 7.22. The van der Waals surface area contributed by atoms with Gasteiger partial charge in [-0.2, -0.15) is 0 Å². The van der Waals surface area contributed by atoms with Gasteiger partial charge in [0.25, 0.3) is 0 Å². The average Bonchev–Trinajstić information content (AvgIpc) is 3.03. The van der Waals surface area contributed by atoms with Crippen molar-refractivity contribution in [3.8, 4) is 0 Å². The van der Waals surface area contributed by atoms with Crippen LogP contribution in [0.1, 0.15) is 19.3 Å². The van der Waals surface area contributed by atoms with E-state index in [2.05, 4.69) is 21.3 Å². The third kappa shape index (κ3) is 2.00. The monoisotopic (exact) mass is 257 g/mol. The Morgan fingerprint density at radius 2 is 2.21 bits per heavy atom. The van der Waals surface area contributed by atoms with Gasteiger partial charge in [0.05, 0.1) is 18.1 Å². The van der Waals surface area contributed by atoms with E-state index in [4.69, 9.17) is 4.42 Å². The summed E-state index contributed by atoms with van der Waals surface area (Å²) in [4.78, 5) is 6.92. The Morgan fingerprint density at radius 1 is 1.26 bits per heavy atom. The lowest BCUT2D eigenvalue weighted by Gasteiger charge is -2.22. The topological polar surface area (TPSA) is 41.3 Å². The van der Waals surface area contributed by atoms with Gasteiger partial charge >= 0.3 is 0 Å². The van der Waals surface area contributed by atoms with Gasteiger partial charge in [-0.25, -0.2) is 0 Å². The fourth-order valence-electron chi connectivity index (χ4n) is 3.50. The fraction of sp³-hybridized carbons (Fsp3) is 0.533. The normalized spacial score (nSPS) is 27.5. The molecule has 0 aromatic carbocycles. The summed E-state index contributed by atoms with van der Waals surface area (Å²) in [5, 5.41) is 3.64. The first-order chi connectivity index (χ1) is 9.40. The van der Waals surface area contributed by atoms with Gasteiger partial charge in [-0.05, 0) is 31.7 Å². The van der Waals surface area contributed by atoms with E-state index in [1.807, 2.05) is 12.3 Å². The van der Waals surface area contributed by atoms with Gasteiger partial charge < -0.3 is 14.6 Å². The molecule has 2 saturated heterocycles. The van der Waals surface area contributed by atoms with Gasteiger partial charge in [0, 0.05) is 31.3 Å². The Labute approximate surface area is 112 Å². The molecule has 0 amide bonds. The number of furan rings is 1. The number of pyridine rings is 1. The molecule has 4 heteroatoms. The van der Waals surface area contributed by atoms with Crippen molar-refractivity contribution in [3.63, 3.8) is 0 Å². The predicted octanol–water partition coefficient (Wildman–Crippen LogP) is 2.41. The lowest BCUT2D eigenvalue weighted by molar-refractivity contribution is 0.436. The lowest BCUT2D eigenvalue weighted by atomic mass is 9.96. The molecule has 1 N–H and O–H groups in total. The van der Waals surface area contributed by atoms with Crippen LogP contribution in [0.2, 0.25) is 0 Å². The van der Waals surface area contributed by atoms with Gasteiger partial charge in [-0.15, -0.1) is 0 Å². The van der Waals surface area contributed by atoms with Crippen LogP contribution in [0.4, 0.5) is 5.69 Å². The van der Waals surface area contributed by atoms with Gasteiger partial charge in [0.15, 0.2) is 5.58 Å². The second kappa shape index (κ2) is 4.53. The van der Waals surface area contributed by atoms with Crippen molar-refractivity contribution in [3.05, 3.63) is 24.6 Å². The summed E-state index contributed by atoms with van der Waals surface area (Å²) in [5.74, 6) is 0.866. The number of fused-ring (bicyclic) bond motifs is 2. The molecule has 0 aliphatic carbocycles. The molecule has 0 bridgehead atoms. The summed E-state index contributed by atoms with van der Waals surface area (Å²) in [5.41, 5.74) is 3.03. The molecular formula is C15H19N3O. The molecule has 4 rings (SSSR count). The average molecular weight is 257 g/mol. The number of nitrogens with one attached hydrogen (secondary N) is 1. The lowest BCUT2D eigenvalue weighted by Crippen LogP contribution is -2.28. The smallest absolute Gasteiger partial charge is 0.154 e. The summed E-state index contributed by atoms with van der Waals surface area (Å²) < 4.78 is 5.45. The van der Waals surface area contributed by atoms with E-state index >= 15 is 0 Å². The van der Waals surface area contributed by atoms with Crippen LogP contribution in [-0.2, 0) is 0 Å². The molecule has 2 aromatic rings. The molecule has 2 atom stereocenters. The Bertz CT molecular complexity index is 566. The van der Waals surface area contributed by atoms with Crippen LogP contribution in [0.25, 0.3) is 11.1 Å². The molecule has 2 aliphatic rings. The largest absolute Gasteiger partial charge is 0.463 e. The SMILES string of the molecule is c1cc2ncc(N3CC[C@@H]4CCN[C@@H]4CC3)cc2o1. The van der Waals surface area contributed by atoms with Gasteiger partial charge in [0.2, 0.25) is 0 Å². The highest BCUT2D eigenvalue weighted by Crippen LogP contribution is 2.28. The van der Waals surface area contributed by atoms with Crippen molar-refractivity contribution in [2.75, 3.05) is 24.5 Å². The van der Waals surface area contributed by atoms with Gasteiger partial charge in [0.1, 0.15) is 5.52 Å². The molecule has 100 valence electrons. The standard InChI is InChI=1S/C15H19N3O/c1-5-16-13-3-7-18(6-2-11(1)13)12-9-15-14(17-10-12)4-8-19-15/h4,8-11,13,16H,1-3,5-7H2/t11-,13+/m0/s1. The maximum Gasteiger partial charge on any atom is 0.154 e. The zero-order chi connectivity index (χ0) is 12.7. The highest BCUT2D eigenvalue weighted by molar-refractivity contribution is 5.76. The summed E-state index contributed by atoms with van der Waals surface area (Å²) in [6.45, 7) is 3.45. The van der Waals surface area contributed by atoms with Crippen molar-refractivity contribution < 1.29 is 4.42 Å². The molecule has 0 unspecified atom stereocenters. The predicted molar refractivity (Wildman–Crippen MR) is 75.4 cm³/mol. The van der Waals surface area contributed by atoms with Crippen LogP contribution in [-0.4, -0.2) is 30.7 Å². The number of aromatic nitrogens is 1. The van der Waals surface area contributed by atoms with Crippen LogP contribution in [0.3, 0.4) is 0 Å². The third-order valence-electron chi connectivity index (χ3n) is 4.62. The molecule has 0 spiro atoms. The first-order valence-electron chi connectivity index (χ1n) is 7.22. The highest BCUT2D eigenvalue weighted by Gasteiger charge is 2.30. The van der Waals surface area contributed by atoms with Crippen LogP contribution in [0.5, 0.6) is 0 Å². The highest BCUT2D eigenvalue weighted by atomic mass is 16.3. The Kier molecular flexibility index (Phi) is 2.69. The maximum absolute atomic E-state index is 5.45. The molecule has 0 radical (unpaired) electrons. The summed E-state index contributed by atoms with van der Waals surface area (Å²) in [7, 11) is 0. The van der Waals surface area contributed by atoms with E-state index in [-0.39, 0.29) is 0 Å². The zero-order valence-electron chi connectivity index (χ0n) is 11.0. The van der Waals surface area contributed by atoms with Crippen molar-refractivity contribution in [2.45, 2.75) is 25.3 Å². The molecule has 2 aromatic heterocycles. The summed E-state index contributed by atoms with van der Waals surface area (Å²) >= 11 is 0. The van der Waals surface area contributed by atoms with Crippen LogP contribution >= 0.6 is 0 Å². The van der Waals surface area contributed by atoms with Crippen LogP contribution in [0, 0.1) is 5.92 Å². The van der Waals surface area contributed by atoms with E-state index < -0.39 is 0 Å². The molecule has 4 heterocycles. The molecule has 0 saturated carbocycles. The Balaban J connectivity index is 1.58. The molecule has 2 fully saturated rings. The van der Waals surface area contributed by atoms with E-state index in [0.29, 0.717) is 0 Å². The second-order valence-electron chi connectivity index (χ2n) is 5.67. The molecule has 2 aliphatic heterocycles. The minimum Gasteiger partial charge on any atom is -0.463 e. The number of nitrogens with zero attached hydrogens (tertiary/aromatic N) is 2.